The van der Waals surface area contributed by atoms with Crippen LogP contribution in [0.25, 0.3) is 22.2 Å². The summed E-state index contributed by atoms with van der Waals surface area (Å²) in [5.41, 5.74) is 5.50. The average Bonchev–Trinajstić information content (AvgIpc) is 3.64. The topological polar surface area (TPSA) is 99.6 Å². The van der Waals surface area contributed by atoms with Crippen LogP contribution in [-0.2, 0) is 19.6 Å². The minimum absolute atomic E-state index is 0.210. The number of nitrogens with zero attached hydrogens (tertiary/aromatic N) is 3. The number of methoxy groups -OCH3 is 1. The summed E-state index contributed by atoms with van der Waals surface area (Å²) in [6.45, 7) is 0.868. The molecule has 6 rings (SSSR count). The number of aromatic carboxylic acids is 1. The molecule has 204 valence electrons. The van der Waals surface area contributed by atoms with Crippen molar-refractivity contribution in [2.24, 2.45) is 0 Å². The second kappa shape index (κ2) is 11.4. The number of carboxylic acids is 1. The van der Waals surface area contributed by atoms with Crippen molar-refractivity contribution in [1.29, 1.82) is 0 Å². The maximum atomic E-state index is 11.6. The number of pyridine rings is 1. The minimum atomic E-state index is -0.980. The molecule has 0 aliphatic rings. The van der Waals surface area contributed by atoms with Gasteiger partial charge in [-0.2, -0.15) is 0 Å². The van der Waals surface area contributed by atoms with Crippen LogP contribution in [0.1, 0.15) is 33.2 Å². The van der Waals surface area contributed by atoms with Gasteiger partial charge in [-0.05, 0) is 71.8 Å². The molecule has 3 aromatic heterocycles. The van der Waals surface area contributed by atoms with Crippen molar-refractivity contribution in [2.75, 3.05) is 7.11 Å². The van der Waals surface area contributed by atoms with Crippen LogP contribution in [0.3, 0.4) is 0 Å². The number of hydrogen-bond acceptors (Lipinski definition) is 6. The quantitative estimate of drug-likeness (QED) is 0.207. The Morgan fingerprint density at radius 2 is 1.80 bits per heavy atom. The number of imidazole rings is 1. The highest BCUT2D eigenvalue weighted by molar-refractivity contribution is 5.92. The molecule has 0 saturated heterocycles. The standard InChI is InChI=1S/C33H27N3O5/c1-39-27-7-2-5-22(15-27)21-41-28-8-3-6-23(16-28)25-10-12-26(34-19-25)18-32-35-30-13-11-24(33(37)38)17-31(30)36(32)20-29-9-4-14-40-29/h2-17,19H,18,20-21H2,1H3,(H,37,38). The van der Waals surface area contributed by atoms with Crippen LogP contribution < -0.4 is 9.47 Å². The smallest absolute Gasteiger partial charge is 0.335 e. The fourth-order valence-corrected chi connectivity index (χ4v) is 4.73. The first-order valence-electron chi connectivity index (χ1n) is 13.1. The third kappa shape index (κ3) is 5.81. The van der Waals surface area contributed by atoms with Gasteiger partial charge < -0.3 is 23.6 Å². The lowest BCUT2D eigenvalue weighted by Gasteiger charge is -2.10. The molecule has 0 spiro atoms. The molecule has 1 N–H and O–H groups in total. The predicted molar refractivity (Wildman–Crippen MR) is 154 cm³/mol. The molecule has 0 radical (unpaired) electrons. The van der Waals surface area contributed by atoms with E-state index in [9.17, 15) is 9.90 Å². The fraction of sp³-hybridized carbons (Fsp3) is 0.121. The first-order valence-corrected chi connectivity index (χ1v) is 13.1. The summed E-state index contributed by atoms with van der Waals surface area (Å²) in [5.74, 6) is 2.11. The summed E-state index contributed by atoms with van der Waals surface area (Å²) < 4.78 is 18.9. The molecule has 41 heavy (non-hydrogen) atoms. The normalized spacial score (nSPS) is 11.0. The number of carbonyl (C=O) groups is 1. The third-order valence-corrected chi connectivity index (χ3v) is 6.84. The van der Waals surface area contributed by atoms with E-state index in [-0.39, 0.29) is 5.56 Å². The number of benzene rings is 3. The summed E-state index contributed by atoms with van der Waals surface area (Å²) >= 11 is 0. The second-order valence-electron chi connectivity index (χ2n) is 9.59. The first kappa shape index (κ1) is 25.9. The van der Waals surface area contributed by atoms with E-state index in [2.05, 4.69) is 0 Å². The molecule has 0 saturated carbocycles. The average molecular weight is 546 g/mol. The Hall–Kier alpha value is -5.37. The van der Waals surface area contributed by atoms with Crippen molar-refractivity contribution in [3.63, 3.8) is 0 Å². The number of fused-ring (bicyclic) bond motifs is 1. The number of aromatic nitrogens is 3. The number of rotatable bonds is 10. The highest BCUT2D eigenvalue weighted by Gasteiger charge is 2.16. The van der Waals surface area contributed by atoms with E-state index in [4.69, 9.17) is 23.9 Å². The van der Waals surface area contributed by atoms with E-state index >= 15 is 0 Å². The molecule has 3 heterocycles. The highest BCUT2D eigenvalue weighted by Crippen LogP contribution is 2.26. The van der Waals surface area contributed by atoms with Gasteiger partial charge in [0.2, 0.25) is 0 Å². The van der Waals surface area contributed by atoms with E-state index in [0.29, 0.717) is 19.6 Å². The van der Waals surface area contributed by atoms with Crippen molar-refractivity contribution in [3.05, 3.63) is 132 Å². The van der Waals surface area contributed by atoms with Gasteiger partial charge in [0.1, 0.15) is 29.7 Å². The molecule has 0 fully saturated rings. The van der Waals surface area contributed by atoms with E-state index < -0.39 is 5.97 Å². The van der Waals surface area contributed by atoms with Gasteiger partial charge in [0.15, 0.2) is 0 Å². The minimum Gasteiger partial charge on any atom is -0.497 e. The van der Waals surface area contributed by atoms with Crippen molar-refractivity contribution in [2.45, 2.75) is 19.6 Å². The lowest BCUT2D eigenvalue weighted by atomic mass is 10.1. The van der Waals surface area contributed by atoms with Crippen LogP contribution >= 0.6 is 0 Å². The Balaban J connectivity index is 1.22. The zero-order valence-corrected chi connectivity index (χ0v) is 22.4. The molecular weight excluding hydrogens is 518 g/mol. The van der Waals surface area contributed by atoms with Gasteiger partial charge in [-0.15, -0.1) is 0 Å². The summed E-state index contributed by atoms with van der Waals surface area (Å²) in [7, 11) is 1.65. The number of ether oxygens (including phenoxy) is 2. The van der Waals surface area contributed by atoms with Crippen LogP contribution in [0.4, 0.5) is 0 Å². The molecule has 3 aromatic carbocycles. The summed E-state index contributed by atoms with van der Waals surface area (Å²) in [5, 5.41) is 9.50. The Morgan fingerprint density at radius 1 is 0.927 bits per heavy atom. The Bertz CT molecular complexity index is 1810. The summed E-state index contributed by atoms with van der Waals surface area (Å²) in [6, 6.07) is 28.4. The van der Waals surface area contributed by atoms with Gasteiger partial charge in [0.25, 0.3) is 0 Å². The van der Waals surface area contributed by atoms with Gasteiger partial charge in [-0.1, -0.05) is 30.3 Å². The van der Waals surface area contributed by atoms with Crippen molar-refractivity contribution in [3.8, 4) is 22.6 Å². The zero-order valence-electron chi connectivity index (χ0n) is 22.4. The van der Waals surface area contributed by atoms with Gasteiger partial charge in [-0.25, -0.2) is 9.78 Å². The van der Waals surface area contributed by atoms with Gasteiger partial charge >= 0.3 is 5.97 Å². The molecule has 0 aliphatic carbocycles. The van der Waals surface area contributed by atoms with E-state index in [0.717, 1.165) is 56.5 Å². The molecule has 0 atom stereocenters. The summed E-state index contributed by atoms with van der Waals surface area (Å²) in [6.07, 6.45) is 3.94. The Kier molecular flexibility index (Phi) is 7.19. The van der Waals surface area contributed by atoms with Gasteiger partial charge in [0.05, 0.1) is 36.5 Å². The van der Waals surface area contributed by atoms with Crippen LogP contribution in [0.15, 0.2) is 108 Å². The largest absolute Gasteiger partial charge is 0.497 e. The number of furan rings is 1. The van der Waals surface area contributed by atoms with Crippen LogP contribution in [0.2, 0.25) is 0 Å². The maximum Gasteiger partial charge on any atom is 0.335 e. The molecule has 6 aromatic rings. The third-order valence-electron chi connectivity index (χ3n) is 6.84. The highest BCUT2D eigenvalue weighted by atomic mass is 16.5. The first-order chi connectivity index (χ1) is 20.1. The Labute approximate surface area is 236 Å². The maximum absolute atomic E-state index is 11.6. The molecule has 0 unspecified atom stereocenters. The van der Waals surface area contributed by atoms with Crippen molar-refractivity contribution in [1.82, 2.24) is 14.5 Å². The molecule has 8 nitrogen and oxygen atoms in total. The SMILES string of the molecule is COc1cccc(COc2cccc(-c3ccc(Cc4nc5ccc(C(=O)O)cc5n4Cc4ccco4)nc3)c2)c1. The van der Waals surface area contributed by atoms with E-state index in [1.165, 1.54) is 0 Å². The molecule has 0 bridgehead atoms. The van der Waals surface area contributed by atoms with E-state index in [1.807, 2.05) is 83.6 Å². The van der Waals surface area contributed by atoms with Crippen LogP contribution in [-0.4, -0.2) is 32.7 Å². The van der Waals surface area contributed by atoms with Crippen molar-refractivity contribution < 1.29 is 23.8 Å². The molecule has 0 amide bonds. The number of hydrogen-bond donors (Lipinski definition) is 1. The fourth-order valence-electron chi connectivity index (χ4n) is 4.73. The second-order valence-corrected chi connectivity index (χ2v) is 9.59. The van der Waals surface area contributed by atoms with Gasteiger partial charge in [0, 0.05) is 23.9 Å². The lowest BCUT2D eigenvalue weighted by molar-refractivity contribution is 0.0697. The van der Waals surface area contributed by atoms with Crippen molar-refractivity contribution >= 4 is 17.0 Å². The molecule has 0 aliphatic heterocycles. The summed E-state index contributed by atoms with van der Waals surface area (Å²) in [4.78, 5) is 21.1. The van der Waals surface area contributed by atoms with E-state index in [1.54, 1.807) is 31.6 Å². The zero-order chi connectivity index (χ0) is 28.2. The van der Waals surface area contributed by atoms with Gasteiger partial charge in [-0.3, -0.25) is 4.98 Å². The molecular formula is C33H27N3O5. The van der Waals surface area contributed by atoms with Crippen LogP contribution in [0, 0.1) is 0 Å². The molecule has 8 heteroatoms. The predicted octanol–water partition coefficient (Wildman–Crippen LogP) is 6.62. The monoisotopic (exact) mass is 545 g/mol. The lowest BCUT2D eigenvalue weighted by Crippen LogP contribution is -2.07. The Morgan fingerprint density at radius 3 is 2.59 bits per heavy atom. The van der Waals surface area contributed by atoms with Crippen LogP contribution in [0.5, 0.6) is 11.5 Å². The number of carboxylic acid groups (broad SMARTS) is 1.